The van der Waals surface area contributed by atoms with Gasteiger partial charge in [-0.3, -0.25) is 0 Å². The minimum atomic E-state index is -0.193. The Bertz CT molecular complexity index is 693. The zero-order valence-electron chi connectivity index (χ0n) is 13.2. The number of aryl methyl sites for hydroxylation is 1. The number of anilines is 1. The van der Waals surface area contributed by atoms with Gasteiger partial charge in [0, 0.05) is 11.7 Å². The van der Waals surface area contributed by atoms with E-state index in [2.05, 4.69) is 26.2 Å². The lowest BCUT2D eigenvalue weighted by Gasteiger charge is -2.14. The molecule has 1 aliphatic rings. The summed E-state index contributed by atoms with van der Waals surface area (Å²) >= 11 is 0. The molecule has 1 fully saturated rings. The molecule has 1 aromatic carbocycles. The van der Waals surface area contributed by atoms with E-state index in [9.17, 15) is 4.79 Å². The van der Waals surface area contributed by atoms with Crippen molar-refractivity contribution in [3.63, 3.8) is 0 Å². The lowest BCUT2D eigenvalue weighted by molar-refractivity contribution is 0.248. The second kappa shape index (κ2) is 6.64. The van der Waals surface area contributed by atoms with Crippen LogP contribution < -0.4 is 15.4 Å². The zero-order chi connectivity index (χ0) is 16.2. The van der Waals surface area contributed by atoms with Crippen LogP contribution in [0.3, 0.4) is 0 Å². The van der Waals surface area contributed by atoms with E-state index < -0.39 is 0 Å². The van der Waals surface area contributed by atoms with E-state index in [0.29, 0.717) is 22.9 Å². The third kappa shape index (κ3) is 3.41. The Balaban J connectivity index is 1.78. The fourth-order valence-electron chi connectivity index (χ4n) is 2.81. The summed E-state index contributed by atoms with van der Waals surface area (Å²) in [5, 5.41) is 17.3. The van der Waals surface area contributed by atoms with Crippen LogP contribution in [0, 0.1) is 6.92 Å². The van der Waals surface area contributed by atoms with Crippen LogP contribution in [-0.4, -0.2) is 39.4 Å². The van der Waals surface area contributed by atoms with E-state index in [-0.39, 0.29) is 12.1 Å². The molecule has 2 amide bonds. The number of tetrazole rings is 1. The Hall–Kier alpha value is -2.64. The summed E-state index contributed by atoms with van der Waals surface area (Å²) in [5.74, 6) is 1.26. The number of carbonyl (C=O) groups excluding carboxylic acids is 1. The molecule has 0 radical (unpaired) electrons. The van der Waals surface area contributed by atoms with E-state index in [1.807, 2.05) is 0 Å². The summed E-state index contributed by atoms with van der Waals surface area (Å²) in [6.45, 7) is 1.80. The summed E-state index contributed by atoms with van der Waals surface area (Å²) in [6, 6.07) is 5.44. The molecule has 2 aromatic rings. The molecule has 3 rings (SSSR count). The van der Waals surface area contributed by atoms with Crippen LogP contribution in [0.25, 0.3) is 5.69 Å². The van der Waals surface area contributed by atoms with Gasteiger partial charge in [-0.25, -0.2) is 4.79 Å². The predicted molar refractivity (Wildman–Crippen MR) is 84.9 cm³/mol. The third-order valence-electron chi connectivity index (χ3n) is 3.98. The van der Waals surface area contributed by atoms with Gasteiger partial charge in [-0.15, -0.1) is 5.10 Å². The fourth-order valence-corrected chi connectivity index (χ4v) is 2.81. The number of ether oxygens (including phenoxy) is 1. The van der Waals surface area contributed by atoms with E-state index >= 15 is 0 Å². The Kier molecular flexibility index (Phi) is 4.40. The molecule has 1 saturated carbocycles. The van der Waals surface area contributed by atoms with Gasteiger partial charge >= 0.3 is 6.03 Å². The highest BCUT2D eigenvalue weighted by Crippen LogP contribution is 2.26. The van der Waals surface area contributed by atoms with Gasteiger partial charge in [0.2, 0.25) is 0 Å². The Morgan fingerprint density at radius 2 is 2.13 bits per heavy atom. The van der Waals surface area contributed by atoms with E-state index in [1.165, 1.54) is 12.8 Å². The largest absolute Gasteiger partial charge is 0.494 e. The highest BCUT2D eigenvalue weighted by molar-refractivity contribution is 5.90. The van der Waals surface area contributed by atoms with Crippen LogP contribution in [0.4, 0.5) is 10.5 Å². The van der Waals surface area contributed by atoms with Gasteiger partial charge in [-0.05, 0) is 48.4 Å². The van der Waals surface area contributed by atoms with Gasteiger partial charge in [0.25, 0.3) is 0 Å². The van der Waals surface area contributed by atoms with Crippen molar-refractivity contribution in [2.45, 2.75) is 38.6 Å². The molecule has 1 aromatic heterocycles. The third-order valence-corrected chi connectivity index (χ3v) is 3.98. The highest BCUT2D eigenvalue weighted by Gasteiger charge is 2.17. The summed E-state index contributed by atoms with van der Waals surface area (Å²) in [6.07, 6.45) is 4.45. The van der Waals surface area contributed by atoms with Gasteiger partial charge in [0.15, 0.2) is 5.82 Å². The van der Waals surface area contributed by atoms with Crippen LogP contribution in [0.15, 0.2) is 18.2 Å². The van der Waals surface area contributed by atoms with Crippen molar-refractivity contribution in [2.24, 2.45) is 0 Å². The number of nitrogens with zero attached hydrogens (tertiary/aromatic N) is 4. The van der Waals surface area contributed by atoms with Crippen molar-refractivity contribution in [1.29, 1.82) is 0 Å². The van der Waals surface area contributed by atoms with Crippen molar-refractivity contribution in [3.05, 3.63) is 24.0 Å². The SMILES string of the molecule is COc1ccc(NC(=O)NC2CCCC2)cc1-n1nnnc1C. The molecule has 1 aliphatic carbocycles. The maximum atomic E-state index is 12.1. The number of nitrogens with one attached hydrogen (secondary N) is 2. The van der Waals surface area contributed by atoms with Crippen LogP contribution in [0.5, 0.6) is 5.75 Å². The molecule has 0 saturated heterocycles. The molecular formula is C15H20N6O2. The first-order valence-corrected chi connectivity index (χ1v) is 7.68. The molecule has 0 unspecified atom stereocenters. The Morgan fingerprint density at radius 1 is 1.35 bits per heavy atom. The average molecular weight is 316 g/mol. The quantitative estimate of drug-likeness (QED) is 0.900. The summed E-state index contributed by atoms with van der Waals surface area (Å²) in [7, 11) is 1.58. The first kappa shape index (κ1) is 15.3. The van der Waals surface area contributed by atoms with Gasteiger partial charge < -0.3 is 15.4 Å². The zero-order valence-corrected chi connectivity index (χ0v) is 13.2. The number of urea groups is 1. The molecule has 0 aliphatic heterocycles. The summed E-state index contributed by atoms with van der Waals surface area (Å²) < 4.78 is 6.92. The van der Waals surface area contributed by atoms with Crippen molar-refractivity contribution in [3.8, 4) is 11.4 Å². The topological polar surface area (TPSA) is 94.0 Å². The van der Waals surface area contributed by atoms with Gasteiger partial charge in [-0.2, -0.15) is 4.68 Å². The monoisotopic (exact) mass is 316 g/mol. The lowest BCUT2D eigenvalue weighted by Crippen LogP contribution is -2.36. The smallest absolute Gasteiger partial charge is 0.319 e. The van der Waals surface area contributed by atoms with Gasteiger partial charge in [-0.1, -0.05) is 12.8 Å². The molecule has 2 N–H and O–H groups in total. The van der Waals surface area contributed by atoms with Crippen molar-refractivity contribution < 1.29 is 9.53 Å². The maximum absolute atomic E-state index is 12.1. The van der Waals surface area contributed by atoms with Gasteiger partial charge in [0.1, 0.15) is 11.4 Å². The maximum Gasteiger partial charge on any atom is 0.319 e. The van der Waals surface area contributed by atoms with E-state index in [4.69, 9.17) is 4.74 Å². The molecule has 0 atom stereocenters. The van der Waals surface area contributed by atoms with E-state index in [0.717, 1.165) is 12.8 Å². The van der Waals surface area contributed by atoms with E-state index in [1.54, 1.807) is 36.9 Å². The molecule has 8 heteroatoms. The second-order valence-electron chi connectivity index (χ2n) is 5.60. The van der Waals surface area contributed by atoms with Crippen LogP contribution in [0.2, 0.25) is 0 Å². The number of amides is 2. The number of hydrogen-bond donors (Lipinski definition) is 2. The first-order valence-electron chi connectivity index (χ1n) is 7.68. The summed E-state index contributed by atoms with van der Waals surface area (Å²) in [4.78, 5) is 12.1. The first-order chi connectivity index (χ1) is 11.2. The fraction of sp³-hybridized carbons (Fsp3) is 0.467. The molecule has 23 heavy (non-hydrogen) atoms. The number of hydrogen-bond acceptors (Lipinski definition) is 5. The number of carbonyl (C=O) groups is 1. The molecular weight excluding hydrogens is 296 g/mol. The Morgan fingerprint density at radius 3 is 2.78 bits per heavy atom. The van der Waals surface area contributed by atoms with Crippen LogP contribution in [0.1, 0.15) is 31.5 Å². The van der Waals surface area contributed by atoms with Crippen molar-refractivity contribution >= 4 is 11.7 Å². The Labute approximate surface area is 134 Å². The number of rotatable bonds is 4. The number of methoxy groups -OCH3 is 1. The normalized spacial score (nSPS) is 14.7. The summed E-state index contributed by atoms with van der Waals surface area (Å²) in [5.41, 5.74) is 1.33. The minimum absolute atomic E-state index is 0.193. The highest BCUT2D eigenvalue weighted by atomic mass is 16.5. The number of aromatic nitrogens is 4. The number of benzene rings is 1. The second-order valence-corrected chi connectivity index (χ2v) is 5.60. The molecule has 0 spiro atoms. The van der Waals surface area contributed by atoms with Crippen molar-refractivity contribution in [2.75, 3.05) is 12.4 Å². The lowest BCUT2D eigenvalue weighted by atomic mass is 10.2. The van der Waals surface area contributed by atoms with Crippen LogP contribution >= 0.6 is 0 Å². The molecule has 1 heterocycles. The standard InChI is InChI=1S/C15H20N6O2/c1-10-18-19-20-21(10)13-9-12(7-8-14(13)23-2)17-15(22)16-11-5-3-4-6-11/h7-9,11H,3-6H2,1-2H3,(H2,16,17,22). The predicted octanol–water partition coefficient (Wildman–Crippen LogP) is 2.04. The van der Waals surface area contributed by atoms with Crippen molar-refractivity contribution in [1.82, 2.24) is 25.5 Å². The molecule has 0 bridgehead atoms. The van der Waals surface area contributed by atoms with Crippen LogP contribution in [-0.2, 0) is 0 Å². The molecule has 122 valence electrons. The molecule has 8 nitrogen and oxygen atoms in total. The van der Waals surface area contributed by atoms with Gasteiger partial charge in [0.05, 0.1) is 7.11 Å². The minimum Gasteiger partial charge on any atom is -0.494 e. The average Bonchev–Trinajstić information content (AvgIpc) is 3.18.